The van der Waals surface area contributed by atoms with E-state index in [0.717, 1.165) is 6.42 Å². The van der Waals surface area contributed by atoms with E-state index in [1.165, 1.54) is 6.20 Å². The second-order valence-corrected chi connectivity index (χ2v) is 4.67. The Labute approximate surface area is 114 Å². The van der Waals surface area contributed by atoms with Gasteiger partial charge in [-0.2, -0.15) is 0 Å². The lowest BCUT2D eigenvalue weighted by Gasteiger charge is -2.16. The smallest absolute Gasteiger partial charge is 0.253 e. The van der Waals surface area contributed by atoms with Crippen molar-refractivity contribution in [2.24, 2.45) is 0 Å². The van der Waals surface area contributed by atoms with Gasteiger partial charge in [-0.05, 0) is 32.8 Å². The number of carbonyl (C=O) groups is 1. The van der Waals surface area contributed by atoms with Gasteiger partial charge in [0, 0.05) is 18.8 Å². The van der Waals surface area contributed by atoms with Gasteiger partial charge >= 0.3 is 0 Å². The molecule has 19 heavy (non-hydrogen) atoms. The van der Waals surface area contributed by atoms with E-state index in [2.05, 4.69) is 10.3 Å². The summed E-state index contributed by atoms with van der Waals surface area (Å²) in [5, 5.41) is 11.8. The molecule has 1 aromatic heterocycles. The van der Waals surface area contributed by atoms with Crippen LogP contribution in [0.1, 0.15) is 44.0 Å². The summed E-state index contributed by atoms with van der Waals surface area (Å²) in [6.45, 7) is 5.87. The first-order valence-corrected chi connectivity index (χ1v) is 6.60. The van der Waals surface area contributed by atoms with Crippen molar-refractivity contribution < 1.29 is 14.6 Å². The van der Waals surface area contributed by atoms with Crippen LogP contribution in [0.15, 0.2) is 18.5 Å². The van der Waals surface area contributed by atoms with Gasteiger partial charge in [0.2, 0.25) is 0 Å². The van der Waals surface area contributed by atoms with Gasteiger partial charge in [-0.25, -0.2) is 0 Å². The molecule has 1 aromatic rings. The van der Waals surface area contributed by atoms with E-state index < -0.39 is 0 Å². The molecule has 5 heteroatoms. The summed E-state index contributed by atoms with van der Waals surface area (Å²) in [4.78, 5) is 16.0. The summed E-state index contributed by atoms with van der Waals surface area (Å²) in [7, 11) is 0. The van der Waals surface area contributed by atoms with Gasteiger partial charge in [-0.15, -0.1) is 0 Å². The third kappa shape index (κ3) is 5.26. The van der Waals surface area contributed by atoms with Gasteiger partial charge in [-0.1, -0.05) is 6.92 Å². The number of pyridine rings is 1. The van der Waals surface area contributed by atoms with Crippen molar-refractivity contribution in [3.63, 3.8) is 0 Å². The average molecular weight is 266 g/mol. The summed E-state index contributed by atoms with van der Waals surface area (Å²) in [6.07, 6.45) is 4.47. The minimum absolute atomic E-state index is 0.0211. The molecule has 0 aromatic carbocycles. The molecule has 0 saturated heterocycles. The SMILES string of the molecule is CCC(CCO)NC(=O)c1cncc(OC(C)C)c1. The summed E-state index contributed by atoms with van der Waals surface area (Å²) < 4.78 is 5.50. The molecular weight excluding hydrogens is 244 g/mol. The van der Waals surface area contributed by atoms with Gasteiger partial charge < -0.3 is 15.2 Å². The molecule has 1 amide bonds. The van der Waals surface area contributed by atoms with Crippen molar-refractivity contribution in [1.82, 2.24) is 10.3 Å². The van der Waals surface area contributed by atoms with Crippen LogP contribution in [0, 0.1) is 0 Å². The number of aliphatic hydroxyl groups is 1. The molecular formula is C14H22N2O3. The Morgan fingerprint density at radius 2 is 2.21 bits per heavy atom. The highest BCUT2D eigenvalue weighted by Gasteiger charge is 2.13. The summed E-state index contributed by atoms with van der Waals surface area (Å²) in [5.74, 6) is 0.389. The monoisotopic (exact) mass is 266 g/mol. The number of amides is 1. The normalized spacial score (nSPS) is 12.3. The van der Waals surface area contributed by atoms with E-state index >= 15 is 0 Å². The maximum atomic E-state index is 12.0. The first kappa shape index (κ1) is 15.4. The minimum Gasteiger partial charge on any atom is -0.489 e. The molecule has 0 aliphatic carbocycles. The highest BCUT2D eigenvalue weighted by molar-refractivity contribution is 5.94. The second kappa shape index (κ2) is 7.74. The number of hydrogen-bond acceptors (Lipinski definition) is 4. The largest absolute Gasteiger partial charge is 0.489 e. The summed E-state index contributed by atoms with van der Waals surface area (Å²) in [5.41, 5.74) is 0.467. The predicted molar refractivity (Wildman–Crippen MR) is 73.2 cm³/mol. The van der Waals surface area contributed by atoms with Crippen molar-refractivity contribution >= 4 is 5.91 Å². The summed E-state index contributed by atoms with van der Waals surface area (Å²) in [6, 6.07) is 1.65. The molecule has 0 fully saturated rings. The number of ether oxygens (including phenoxy) is 1. The molecule has 0 radical (unpaired) electrons. The molecule has 5 nitrogen and oxygen atoms in total. The number of nitrogens with one attached hydrogen (secondary N) is 1. The Balaban J connectivity index is 2.70. The van der Waals surface area contributed by atoms with Gasteiger partial charge in [0.15, 0.2) is 0 Å². The predicted octanol–water partition coefficient (Wildman–Crippen LogP) is 1.76. The maximum Gasteiger partial charge on any atom is 0.253 e. The Bertz CT molecular complexity index is 407. The maximum absolute atomic E-state index is 12.0. The molecule has 1 rings (SSSR count). The van der Waals surface area contributed by atoms with E-state index in [1.54, 1.807) is 12.3 Å². The fraction of sp³-hybridized carbons (Fsp3) is 0.571. The molecule has 0 saturated carbocycles. The number of carbonyl (C=O) groups excluding carboxylic acids is 1. The van der Waals surface area contributed by atoms with Crippen molar-refractivity contribution in [1.29, 1.82) is 0 Å². The molecule has 2 N–H and O–H groups in total. The quantitative estimate of drug-likeness (QED) is 0.789. The molecule has 0 bridgehead atoms. The van der Waals surface area contributed by atoms with Crippen LogP contribution >= 0.6 is 0 Å². The van der Waals surface area contributed by atoms with E-state index in [4.69, 9.17) is 9.84 Å². The van der Waals surface area contributed by atoms with Crippen LogP contribution in [0.5, 0.6) is 5.75 Å². The fourth-order valence-electron chi connectivity index (χ4n) is 1.68. The third-order valence-electron chi connectivity index (χ3n) is 2.65. The molecule has 1 heterocycles. The Morgan fingerprint density at radius 1 is 1.47 bits per heavy atom. The molecule has 0 spiro atoms. The molecule has 106 valence electrons. The lowest BCUT2D eigenvalue weighted by molar-refractivity contribution is 0.0928. The average Bonchev–Trinajstić information content (AvgIpc) is 2.37. The Morgan fingerprint density at radius 3 is 2.79 bits per heavy atom. The molecule has 0 aliphatic rings. The number of rotatable bonds is 7. The van der Waals surface area contributed by atoms with Crippen LogP contribution in [0.25, 0.3) is 0 Å². The standard InChI is InChI=1S/C14H22N2O3/c1-4-12(5-6-17)16-14(18)11-7-13(9-15-8-11)19-10(2)3/h7-10,12,17H,4-6H2,1-3H3,(H,16,18). The lowest BCUT2D eigenvalue weighted by atomic mass is 10.1. The highest BCUT2D eigenvalue weighted by Crippen LogP contribution is 2.13. The van der Waals surface area contributed by atoms with Crippen molar-refractivity contribution in [3.8, 4) is 5.75 Å². The van der Waals surface area contributed by atoms with Crippen LogP contribution in [0.4, 0.5) is 0 Å². The zero-order valence-corrected chi connectivity index (χ0v) is 11.7. The first-order valence-electron chi connectivity index (χ1n) is 6.60. The Hall–Kier alpha value is -1.62. The highest BCUT2D eigenvalue weighted by atomic mass is 16.5. The van der Waals surface area contributed by atoms with Gasteiger partial charge in [0.25, 0.3) is 5.91 Å². The summed E-state index contributed by atoms with van der Waals surface area (Å²) >= 11 is 0. The zero-order chi connectivity index (χ0) is 14.3. The zero-order valence-electron chi connectivity index (χ0n) is 11.7. The van der Waals surface area contributed by atoms with E-state index in [-0.39, 0.29) is 24.7 Å². The van der Waals surface area contributed by atoms with E-state index in [9.17, 15) is 4.79 Å². The molecule has 0 aliphatic heterocycles. The van der Waals surface area contributed by atoms with Gasteiger partial charge in [-0.3, -0.25) is 9.78 Å². The number of nitrogens with zero attached hydrogens (tertiary/aromatic N) is 1. The minimum atomic E-state index is -0.193. The topological polar surface area (TPSA) is 71.5 Å². The van der Waals surface area contributed by atoms with Crippen molar-refractivity contribution in [2.75, 3.05) is 6.61 Å². The van der Waals surface area contributed by atoms with Crippen molar-refractivity contribution in [3.05, 3.63) is 24.0 Å². The van der Waals surface area contributed by atoms with Crippen LogP contribution in [0.2, 0.25) is 0 Å². The first-order chi connectivity index (χ1) is 9.06. The number of aliphatic hydroxyl groups excluding tert-OH is 1. The van der Waals surface area contributed by atoms with Crippen LogP contribution in [0.3, 0.4) is 0 Å². The fourth-order valence-corrected chi connectivity index (χ4v) is 1.68. The number of aromatic nitrogens is 1. The number of hydrogen-bond donors (Lipinski definition) is 2. The third-order valence-corrected chi connectivity index (χ3v) is 2.65. The van der Waals surface area contributed by atoms with Crippen LogP contribution < -0.4 is 10.1 Å². The Kier molecular flexibility index (Phi) is 6.29. The van der Waals surface area contributed by atoms with E-state index in [1.807, 2.05) is 20.8 Å². The van der Waals surface area contributed by atoms with Crippen LogP contribution in [-0.4, -0.2) is 34.8 Å². The van der Waals surface area contributed by atoms with Crippen molar-refractivity contribution in [2.45, 2.75) is 45.8 Å². The van der Waals surface area contributed by atoms with Crippen LogP contribution in [-0.2, 0) is 0 Å². The van der Waals surface area contributed by atoms with Gasteiger partial charge in [0.1, 0.15) is 5.75 Å². The molecule has 1 unspecified atom stereocenters. The van der Waals surface area contributed by atoms with Gasteiger partial charge in [0.05, 0.1) is 17.9 Å². The van der Waals surface area contributed by atoms with E-state index in [0.29, 0.717) is 17.7 Å². The molecule has 1 atom stereocenters. The second-order valence-electron chi connectivity index (χ2n) is 4.67. The lowest BCUT2D eigenvalue weighted by Crippen LogP contribution is -2.35.